The van der Waals surface area contributed by atoms with E-state index >= 15 is 0 Å². The van der Waals surface area contributed by atoms with Crippen molar-refractivity contribution in [2.24, 2.45) is 0 Å². The molecular weight excluding hydrogens is 864 g/mol. The predicted molar refractivity (Wildman–Crippen MR) is 302 cm³/mol. The third-order valence-electron chi connectivity index (χ3n) is 21.0. The molecule has 4 heteroatoms. The molecule has 0 spiro atoms. The molecule has 2 unspecified atom stereocenters. The molecule has 13 rings (SSSR count). The third-order valence-corrected chi connectivity index (χ3v) is 22.5. The van der Waals surface area contributed by atoms with E-state index in [1.807, 2.05) is 0 Å². The van der Waals surface area contributed by atoms with Crippen LogP contribution in [0.3, 0.4) is 0 Å². The molecule has 2 nitrogen and oxygen atoms in total. The zero-order valence-electron chi connectivity index (χ0n) is 45.5. The van der Waals surface area contributed by atoms with Gasteiger partial charge in [0.15, 0.2) is 0 Å². The largest absolute Gasteiger partial charge is 0.327 e. The first-order valence-corrected chi connectivity index (χ1v) is 28.3. The van der Waals surface area contributed by atoms with Gasteiger partial charge in [0, 0.05) is 27.5 Å². The molecule has 1 aromatic heterocycles. The number of allylic oxidation sites excluding steroid dienone is 1. The van der Waals surface area contributed by atoms with Crippen molar-refractivity contribution >= 4 is 51.0 Å². The van der Waals surface area contributed by atoms with Crippen LogP contribution in [0, 0.1) is 0 Å². The summed E-state index contributed by atoms with van der Waals surface area (Å²) in [7, 11) is 0. The molecule has 70 heavy (non-hydrogen) atoms. The molecule has 3 heterocycles. The topological polar surface area (TPSA) is 6.48 Å². The molecule has 1 saturated carbocycles. The molecule has 8 aliphatic rings. The number of hydrogen-bond donors (Lipinski definition) is 0. The Bertz CT molecular complexity index is 3180. The Labute approximate surface area is 426 Å². The van der Waals surface area contributed by atoms with Gasteiger partial charge in [-0.15, -0.1) is 11.3 Å². The highest BCUT2D eigenvalue weighted by atomic mass is 32.1. The summed E-state index contributed by atoms with van der Waals surface area (Å²) in [5.74, 6) is 0. The zero-order valence-corrected chi connectivity index (χ0v) is 46.4. The number of benzene rings is 4. The maximum Gasteiger partial charge on any atom is 0.248 e. The number of anilines is 4. The predicted octanol–water partition coefficient (Wildman–Crippen LogP) is 16.6. The van der Waals surface area contributed by atoms with Crippen LogP contribution in [-0.4, -0.2) is 12.8 Å². The van der Waals surface area contributed by atoms with Crippen molar-refractivity contribution in [2.75, 3.05) is 9.80 Å². The smallest absolute Gasteiger partial charge is 0.248 e. The van der Waals surface area contributed by atoms with Crippen molar-refractivity contribution in [3.05, 3.63) is 139 Å². The van der Waals surface area contributed by atoms with Gasteiger partial charge in [-0.1, -0.05) is 145 Å². The lowest BCUT2D eigenvalue weighted by Crippen LogP contribution is -2.62. The van der Waals surface area contributed by atoms with Crippen molar-refractivity contribution in [2.45, 2.75) is 217 Å². The first kappa shape index (κ1) is 45.6. The van der Waals surface area contributed by atoms with Crippen LogP contribution in [0.2, 0.25) is 0 Å². The fourth-order valence-electron chi connectivity index (χ4n) is 16.4. The average molecular weight is 943 g/mol. The fourth-order valence-corrected chi connectivity index (χ4v) is 18.1. The van der Waals surface area contributed by atoms with Gasteiger partial charge in [0.05, 0.1) is 16.7 Å². The van der Waals surface area contributed by atoms with Gasteiger partial charge in [0.25, 0.3) is 0 Å². The highest BCUT2D eigenvalue weighted by Gasteiger charge is 2.58. The van der Waals surface area contributed by atoms with E-state index in [-0.39, 0.29) is 56.1 Å². The van der Waals surface area contributed by atoms with E-state index in [2.05, 4.69) is 204 Å². The molecule has 0 N–H and O–H groups in total. The summed E-state index contributed by atoms with van der Waals surface area (Å²) in [6.07, 6.45) is 14.8. The average Bonchev–Trinajstić information content (AvgIpc) is 3.94. The van der Waals surface area contributed by atoms with Crippen LogP contribution >= 0.6 is 11.3 Å². The second kappa shape index (κ2) is 14.1. The van der Waals surface area contributed by atoms with Gasteiger partial charge < -0.3 is 9.80 Å². The third kappa shape index (κ3) is 6.10. The van der Waals surface area contributed by atoms with E-state index in [0.29, 0.717) is 0 Å². The molecule has 5 aromatic rings. The Morgan fingerprint density at radius 2 is 1.10 bits per heavy atom. The van der Waals surface area contributed by atoms with Crippen molar-refractivity contribution < 1.29 is 0 Å². The maximum absolute atomic E-state index is 2.93. The number of rotatable bonds is 3. The van der Waals surface area contributed by atoms with Crippen LogP contribution in [-0.2, 0) is 43.3 Å². The van der Waals surface area contributed by atoms with Crippen molar-refractivity contribution in [3.8, 4) is 11.1 Å². The van der Waals surface area contributed by atoms with Gasteiger partial charge in [-0.2, -0.15) is 0 Å². The Hall–Kier alpha value is -4.28. The van der Waals surface area contributed by atoms with Crippen LogP contribution in [0.25, 0.3) is 11.1 Å². The second-order valence-electron chi connectivity index (χ2n) is 28.8. The van der Waals surface area contributed by atoms with Crippen LogP contribution in [0.5, 0.6) is 0 Å². The fraction of sp³-hybridized carbons (Fsp3) is 0.515. The molecule has 3 atom stereocenters. The monoisotopic (exact) mass is 943 g/mol. The van der Waals surface area contributed by atoms with Crippen molar-refractivity contribution in [1.82, 2.24) is 0 Å². The van der Waals surface area contributed by atoms with Gasteiger partial charge in [-0.3, -0.25) is 0 Å². The molecule has 2 aliphatic heterocycles. The van der Waals surface area contributed by atoms with E-state index in [0.717, 1.165) is 6.42 Å². The highest BCUT2D eigenvalue weighted by Crippen LogP contribution is 2.63. The lowest BCUT2D eigenvalue weighted by molar-refractivity contribution is 0.332. The molecule has 0 amide bonds. The van der Waals surface area contributed by atoms with Gasteiger partial charge >= 0.3 is 0 Å². The molecule has 6 aliphatic carbocycles. The van der Waals surface area contributed by atoms with Gasteiger partial charge in [0.2, 0.25) is 6.71 Å². The summed E-state index contributed by atoms with van der Waals surface area (Å²) in [6.45, 7) is 38.2. The normalized spacial score (nSPS) is 28.2. The van der Waals surface area contributed by atoms with Gasteiger partial charge in [-0.25, -0.2) is 0 Å². The van der Waals surface area contributed by atoms with Gasteiger partial charge in [0.1, 0.15) is 0 Å². The Kier molecular flexibility index (Phi) is 9.15. The van der Waals surface area contributed by atoms with Crippen LogP contribution in [0.1, 0.15) is 212 Å². The SMILES string of the molecule is CC1=CC2=C3B(c4cc5c(cc4N2c2cc4c(cc2-c2ccccc2)C(C)(C)CCC4(C)C)C2(C)CCC5(C)C2)c2c(sc4c2C(C)(C)CCC4(C)C)N(c2ccc4c(c2)C(C)(C)CCC4(C)C)[C@H]3C1. The quantitative estimate of drug-likeness (QED) is 0.166. The summed E-state index contributed by atoms with van der Waals surface area (Å²) in [6, 6.07) is 30.4. The number of thiophene rings is 1. The summed E-state index contributed by atoms with van der Waals surface area (Å²) < 4.78 is 0. The van der Waals surface area contributed by atoms with Crippen molar-refractivity contribution in [1.29, 1.82) is 0 Å². The Balaban J connectivity index is 1.17. The Morgan fingerprint density at radius 3 is 1.76 bits per heavy atom. The first-order chi connectivity index (χ1) is 32.8. The van der Waals surface area contributed by atoms with E-state index in [4.69, 9.17) is 0 Å². The molecule has 0 saturated heterocycles. The van der Waals surface area contributed by atoms with E-state index in [1.54, 1.807) is 49.1 Å². The molecule has 2 bridgehead atoms. The second-order valence-corrected chi connectivity index (χ2v) is 29.8. The molecule has 4 aromatic carbocycles. The molecule has 0 radical (unpaired) electrons. The minimum Gasteiger partial charge on any atom is -0.327 e. The van der Waals surface area contributed by atoms with E-state index < -0.39 is 0 Å². The summed E-state index contributed by atoms with van der Waals surface area (Å²) in [5.41, 5.74) is 26.6. The zero-order chi connectivity index (χ0) is 49.2. The Morgan fingerprint density at radius 1 is 0.543 bits per heavy atom. The maximum atomic E-state index is 2.93. The van der Waals surface area contributed by atoms with Crippen LogP contribution in [0.4, 0.5) is 22.1 Å². The minimum atomic E-state index is 0.0559. The molecule has 1 fully saturated rings. The number of hydrogen-bond acceptors (Lipinski definition) is 3. The van der Waals surface area contributed by atoms with Crippen LogP contribution in [0.15, 0.2) is 95.6 Å². The highest BCUT2D eigenvalue weighted by molar-refractivity contribution is 7.20. The molecule has 362 valence electrons. The number of nitrogens with zero attached hydrogens (tertiary/aromatic N) is 2. The standard InChI is InChI=1S/C66H79BN2S/c1-39-31-52-55-53(32-39)69(50-36-46-45(61(6,7)25-26-62(46,8)9)34-42(50)40-19-17-16-18-20-40)51-37-48-47(65(14)29-30-66(48,15)38-65)35-49(51)67(55)56-54-57(64(12,13)28-27-63(54,10)11)70-58(56)68(52)41-21-22-43-44(33-41)60(4,5)24-23-59(43,2)3/h16-22,32-37,52H,23-31,38H2,1-15H3/t52-,65?,66?/m0/s1. The summed E-state index contributed by atoms with van der Waals surface area (Å²) >= 11 is 2.18. The van der Waals surface area contributed by atoms with Gasteiger partial charge in [-0.05, 0) is 212 Å². The van der Waals surface area contributed by atoms with Crippen LogP contribution < -0.4 is 20.7 Å². The van der Waals surface area contributed by atoms with Crippen molar-refractivity contribution in [3.63, 3.8) is 0 Å². The minimum absolute atomic E-state index is 0.0559. The first-order valence-electron chi connectivity index (χ1n) is 27.5. The van der Waals surface area contributed by atoms with E-state index in [9.17, 15) is 0 Å². The van der Waals surface area contributed by atoms with E-state index in [1.165, 1.54) is 113 Å². The number of fused-ring (bicyclic) bond motifs is 13. The molecular formula is C66H79BN2S. The lowest BCUT2D eigenvalue weighted by atomic mass is 9.30. The summed E-state index contributed by atoms with van der Waals surface area (Å²) in [5, 5.41) is 1.52. The lowest BCUT2D eigenvalue weighted by Gasteiger charge is -2.51. The summed E-state index contributed by atoms with van der Waals surface area (Å²) in [4.78, 5) is 7.44.